The van der Waals surface area contributed by atoms with E-state index in [1.807, 2.05) is 0 Å². The van der Waals surface area contributed by atoms with Gasteiger partial charge in [-0.1, -0.05) is 0 Å². The summed E-state index contributed by atoms with van der Waals surface area (Å²) in [5, 5.41) is 44.0. The molecule has 1 heterocycles. The molecule has 2 fully saturated rings. The van der Waals surface area contributed by atoms with E-state index < -0.39 is 30.1 Å². The van der Waals surface area contributed by atoms with Crippen LogP contribution in [0.2, 0.25) is 0 Å². The maximum atomic E-state index is 10.4. The first-order chi connectivity index (χ1) is 8.75. The quantitative estimate of drug-likeness (QED) is 0.327. The van der Waals surface area contributed by atoms with Crippen molar-refractivity contribution in [1.29, 1.82) is 0 Å². The minimum Gasteiger partial charge on any atom is -0.480 e. The van der Waals surface area contributed by atoms with Gasteiger partial charge < -0.3 is 30.8 Å². The van der Waals surface area contributed by atoms with Crippen LogP contribution in [0.4, 0.5) is 0 Å². The average Bonchev–Trinajstić information content (AvgIpc) is 2.98. The Balaban J connectivity index is 0.000000190. The van der Waals surface area contributed by atoms with Crippen molar-refractivity contribution in [2.75, 3.05) is 6.54 Å². The Hall–Kier alpha value is -1.71. The van der Waals surface area contributed by atoms with Crippen molar-refractivity contribution in [3.8, 4) is 0 Å². The molecule has 1 aliphatic heterocycles. The molecule has 19 heavy (non-hydrogen) atoms. The Labute approximate surface area is 107 Å². The summed E-state index contributed by atoms with van der Waals surface area (Å²) in [6.45, 7) is 0.918. The maximum absolute atomic E-state index is 10.4. The number of nitrogens with one attached hydrogen (secondary N) is 1. The van der Waals surface area contributed by atoms with Gasteiger partial charge in [0.25, 0.3) is 0 Å². The third-order valence-electron chi connectivity index (χ3n) is 3.08. The molecular formula is C10H15NO8. The smallest absolute Gasteiger partial charge is 0.335 e. The van der Waals surface area contributed by atoms with Crippen LogP contribution < -0.4 is 5.32 Å². The van der Waals surface area contributed by atoms with Gasteiger partial charge in [0.2, 0.25) is 0 Å². The summed E-state index contributed by atoms with van der Waals surface area (Å²) in [4.78, 5) is 29.9. The van der Waals surface area contributed by atoms with Crippen molar-refractivity contribution in [1.82, 2.24) is 5.32 Å². The van der Waals surface area contributed by atoms with Gasteiger partial charge >= 0.3 is 17.9 Å². The zero-order valence-corrected chi connectivity index (χ0v) is 9.76. The van der Waals surface area contributed by atoms with Crippen LogP contribution in [0.1, 0.15) is 6.42 Å². The second-order valence-corrected chi connectivity index (χ2v) is 4.45. The molecule has 6 N–H and O–H groups in total. The molecule has 0 radical (unpaired) electrons. The summed E-state index contributed by atoms with van der Waals surface area (Å²) in [5.74, 6) is -3.07. The minimum absolute atomic E-state index is 0.227. The van der Waals surface area contributed by atoms with E-state index in [0.717, 1.165) is 13.0 Å². The highest BCUT2D eigenvalue weighted by molar-refractivity contribution is 5.83. The second kappa shape index (κ2) is 5.95. The lowest BCUT2D eigenvalue weighted by Gasteiger charge is -2.07. The number of carboxylic acid groups (broad SMARTS) is 3. The minimum atomic E-state index is -2.27. The van der Waals surface area contributed by atoms with Gasteiger partial charge in [0.15, 0.2) is 12.2 Å². The molecule has 108 valence electrons. The molecule has 2 rings (SSSR count). The summed E-state index contributed by atoms with van der Waals surface area (Å²) < 4.78 is 0. The van der Waals surface area contributed by atoms with E-state index >= 15 is 0 Å². The van der Waals surface area contributed by atoms with Crippen molar-refractivity contribution in [3.63, 3.8) is 0 Å². The van der Waals surface area contributed by atoms with Gasteiger partial charge in [-0.25, -0.2) is 9.59 Å². The van der Waals surface area contributed by atoms with Gasteiger partial charge in [0, 0.05) is 0 Å². The van der Waals surface area contributed by atoms with Crippen LogP contribution in [-0.2, 0) is 14.4 Å². The average molecular weight is 277 g/mol. The van der Waals surface area contributed by atoms with Crippen LogP contribution in [0, 0.1) is 11.8 Å². The van der Waals surface area contributed by atoms with Crippen molar-refractivity contribution in [3.05, 3.63) is 0 Å². The van der Waals surface area contributed by atoms with E-state index in [4.69, 9.17) is 25.5 Å². The summed E-state index contributed by atoms with van der Waals surface area (Å²) in [6.07, 6.45) is -3.40. The highest BCUT2D eigenvalue weighted by Crippen LogP contribution is 2.44. The molecule has 2 aliphatic rings. The molecular weight excluding hydrogens is 262 g/mol. The molecule has 1 saturated carbocycles. The molecule has 1 aliphatic carbocycles. The van der Waals surface area contributed by atoms with Gasteiger partial charge in [0.1, 0.15) is 6.04 Å². The fraction of sp³-hybridized carbons (Fsp3) is 0.700. The normalized spacial score (nSPS) is 30.3. The molecule has 2 unspecified atom stereocenters. The molecule has 5 atom stereocenters. The molecule has 0 aromatic rings. The number of aliphatic hydroxyl groups is 2. The molecule has 9 heteroatoms. The number of piperidine rings is 1. The first kappa shape index (κ1) is 15.3. The number of aliphatic carboxylic acids is 3. The molecule has 9 nitrogen and oxygen atoms in total. The number of hydrogen-bond acceptors (Lipinski definition) is 6. The number of carboxylic acids is 3. The van der Waals surface area contributed by atoms with Gasteiger partial charge in [0.05, 0.1) is 0 Å². The van der Waals surface area contributed by atoms with Crippen molar-refractivity contribution in [2.45, 2.75) is 24.7 Å². The summed E-state index contributed by atoms with van der Waals surface area (Å²) in [5.41, 5.74) is 0. The Morgan fingerprint density at radius 1 is 1.00 bits per heavy atom. The summed E-state index contributed by atoms with van der Waals surface area (Å²) in [6, 6.07) is -0.227. The lowest BCUT2D eigenvalue weighted by Crippen LogP contribution is -2.39. The number of fused-ring (bicyclic) bond motifs is 1. The Morgan fingerprint density at radius 2 is 1.47 bits per heavy atom. The predicted molar refractivity (Wildman–Crippen MR) is 58.3 cm³/mol. The SMILES string of the molecule is O=C(O)C(O)C(O)C(=O)O.O=C(O)[C@H]1NC[C@H]2C[C@H]21. The third-order valence-corrected chi connectivity index (χ3v) is 3.08. The van der Waals surface area contributed by atoms with E-state index in [-0.39, 0.29) is 6.04 Å². The first-order valence-electron chi connectivity index (χ1n) is 5.53. The fourth-order valence-corrected chi connectivity index (χ4v) is 1.88. The Kier molecular flexibility index (Phi) is 4.81. The van der Waals surface area contributed by atoms with Crippen LogP contribution >= 0.6 is 0 Å². The largest absolute Gasteiger partial charge is 0.480 e. The molecule has 0 aromatic carbocycles. The second-order valence-electron chi connectivity index (χ2n) is 4.45. The van der Waals surface area contributed by atoms with Gasteiger partial charge in [-0.15, -0.1) is 0 Å². The molecule has 0 amide bonds. The van der Waals surface area contributed by atoms with E-state index in [0.29, 0.717) is 11.8 Å². The van der Waals surface area contributed by atoms with Gasteiger partial charge in [-0.2, -0.15) is 0 Å². The van der Waals surface area contributed by atoms with Crippen LogP contribution in [0.25, 0.3) is 0 Å². The third kappa shape index (κ3) is 3.88. The molecule has 1 saturated heterocycles. The lowest BCUT2D eigenvalue weighted by atomic mass is 10.2. The highest BCUT2D eigenvalue weighted by Gasteiger charge is 2.51. The number of hydrogen-bond donors (Lipinski definition) is 6. The fourth-order valence-electron chi connectivity index (χ4n) is 1.88. The van der Waals surface area contributed by atoms with Crippen molar-refractivity contribution >= 4 is 17.9 Å². The standard InChI is InChI=1S/C6H9NO2.C4H6O6/c8-6(9)5-4-1-3(4)2-7-5;5-1(3(7)8)2(6)4(9)10/h3-5,7H,1-2H2,(H,8,9);1-2,5-6H,(H,7,8)(H,9,10)/t3-,4-,5+;/m1./s1. The summed E-state index contributed by atoms with van der Waals surface area (Å²) in [7, 11) is 0. The summed E-state index contributed by atoms with van der Waals surface area (Å²) >= 11 is 0. The number of carbonyl (C=O) groups is 3. The molecule has 0 aromatic heterocycles. The Morgan fingerprint density at radius 3 is 1.63 bits per heavy atom. The van der Waals surface area contributed by atoms with Crippen LogP contribution in [0.3, 0.4) is 0 Å². The number of aliphatic hydroxyl groups excluding tert-OH is 2. The van der Waals surface area contributed by atoms with Crippen molar-refractivity contribution in [2.24, 2.45) is 11.8 Å². The molecule has 0 spiro atoms. The van der Waals surface area contributed by atoms with Gasteiger partial charge in [-0.05, 0) is 24.8 Å². The van der Waals surface area contributed by atoms with E-state index in [1.165, 1.54) is 0 Å². The van der Waals surface area contributed by atoms with E-state index in [1.54, 1.807) is 0 Å². The zero-order valence-electron chi connectivity index (χ0n) is 9.76. The van der Waals surface area contributed by atoms with Crippen LogP contribution in [0.5, 0.6) is 0 Å². The monoisotopic (exact) mass is 277 g/mol. The predicted octanol–water partition coefficient (Wildman–Crippen LogP) is -2.44. The Bertz CT molecular complexity index is 366. The maximum Gasteiger partial charge on any atom is 0.335 e. The zero-order chi connectivity index (χ0) is 14.7. The van der Waals surface area contributed by atoms with E-state index in [2.05, 4.69) is 5.32 Å². The van der Waals surface area contributed by atoms with Gasteiger partial charge in [-0.3, -0.25) is 4.79 Å². The van der Waals surface area contributed by atoms with Crippen LogP contribution in [-0.4, -0.2) is 68.2 Å². The van der Waals surface area contributed by atoms with Crippen LogP contribution in [0.15, 0.2) is 0 Å². The van der Waals surface area contributed by atoms with E-state index in [9.17, 15) is 14.4 Å². The van der Waals surface area contributed by atoms with Crippen molar-refractivity contribution < 1.29 is 39.9 Å². The first-order valence-corrected chi connectivity index (χ1v) is 5.53. The number of rotatable bonds is 4. The topological polar surface area (TPSA) is 164 Å². The lowest BCUT2D eigenvalue weighted by molar-refractivity contribution is -0.165. The molecule has 0 bridgehead atoms. The highest BCUT2D eigenvalue weighted by atomic mass is 16.4.